The fourth-order valence-corrected chi connectivity index (χ4v) is 3.93. The first-order valence-corrected chi connectivity index (χ1v) is 10.7. The number of aromatic nitrogens is 4. The largest absolute Gasteiger partial charge is 0.486 e. The molecule has 1 aliphatic rings. The van der Waals surface area contributed by atoms with E-state index >= 15 is 0 Å². The molecule has 4 aromatic rings. The Bertz CT molecular complexity index is 1220. The number of amides is 1. The van der Waals surface area contributed by atoms with Gasteiger partial charge in [-0.3, -0.25) is 9.69 Å². The highest BCUT2D eigenvalue weighted by molar-refractivity contribution is 5.92. The third-order valence-corrected chi connectivity index (χ3v) is 5.81. The molecule has 5 rings (SSSR count). The van der Waals surface area contributed by atoms with E-state index in [1.165, 1.54) is 17.5 Å². The lowest BCUT2D eigenvalue weighted by molar-refractivity contribution is 0.0925. The summed E-state index contributed by atoms with van der Waals surface area (Å²) in [5.74, 6) is 0.889. The number of nitrogens with zero attached hydrogens (tertiary/aromatic N) is 5. The molecule has 3 heterocycles. The summed E-state index contributed by atoms with van der Waals surface area (Å²) in [6.45, 7) is 1.59. The van der Waals surface area contributed by atoms with Crippen LogP contribution in [0, 0.1) is 0 Å². The second kappa shape index (κ2) is 9.25. The molecule has 0 spiro atoms. The Morgan fingerprint density at radius 3 is 2.79 bits per heavy atom. The van der Waals surface area contributed by atoms with Crippen LogP contribution < -0.4 is 10.1 Å². The van der Waals surface area contributed by atoms with Gasteiger partial charge in [-0.25, -0.2) is 9.67 Å². The lowest BCUT2D eigenvalue weighted by atomic mass is 9.94. The van der Waals surface area contributed by atoms with Crippen LogP contribution in [0.5, 0.6) is 5.75 Å². The van der Waals surface area contributed by atoms with Crippen LogP contribution in [0.1, 0.15) is 27.4 Å². The van der Waals surface area contributed by atoms with Crippen LogP contribution in [-0.4, -0.2) is 50.4 Å². The molecule has 0 fully saturated rings. The Morgan fingerprint density at radius 1 is 1.18 bits per heavy atom. The van der Waals surface area contributed by atoms with Gasteiger partial charge in [0.15, 0.2) is 11.5 Å². The van der Waals surface area contributed by atoms with Gasteiger partial charge in [0.2, 0.25) is 0 Å². The van der Waals surface area contributed by atoms with Gasteiger partial charge in [-0.15, -0.1) is 0 Å². The number of likely N-dealkylation sites (N-methyl/N-ethyl adjacent to an activating group) is 1. The molecule has 2 aromatic heterocycles. The Balaban J connectivity index is 1.12. The van der Waals surface area contributed by atoms with E-state index in [-0.39, 0.29) is 24.2 Å². The predicted octanol–water partition coefficient (Wildman–Crippen LogP) is 2.62. The molecular weight excluding hydrogens is 420 g/mol. The molecule has 2 aromatic carbocycles. The van der Waals surface area contributed by atoms with Gasteiger partial charge in [-0.1, -0.05) is 29.4 Å². The van der Waals surface area contributed by atoms with Gasteiger partial charge in [0.1, 0.15) is 25.0 Å². The monoisotopic (exact) mass is 444 g/mol. The van der Waals surface area contributed by atoms with Gasteiger partial charge in [0, 0.05) is 25.2 Å². The Hall–Kier alpha value is -3.98. The molecule has 33 heavy (non-hydrogen) atoms. The highest BCUT2D eigenvalue weighted by atomic mass is 16.5. The third kappa shape index (κ3) is 4.78. The lowest BCUT2D eigenvalue weighted by Gasteiger charge is -2.34. The number of hydrogen-bond acceptors (Lipinski definition) is 7. The van der Waals surface area contributed by atoms with Crippen molar-refractivity contribution in [1.29, 1.82) is 0 Å². The van der Waals surface area contributed by atoms with E-state index in [0.29, 0.717) is 18.1 Å². The van der Waals surface area contributed by atoms with Gasteiger partial charge >= 0.3 is 0 Å². The molecular formula is C24H24N6O3. The molecule has 0 radical (unpaired) electrons. The van der Waals surface area contributed by atoms with Crippen LogP contribution in [0.4, 0.5) is 0 Å². The van der Waals surface area contributed by atoms with Crippen molar-refractivity contribution >= 4 is 5.91 Å². The lowest BCUT2D eigenvalue weighted by Crippen LogP contribution is -2.45. The molecule has 0 bridgehead atoms. The number of fused-ring (bicyclic) bond motifs is 1. The second-order valence-electron chi connectivity index (χ2n) is 8.05. The summed E-state index contributed by atoms with van der Waals surface area (Å²) in [7, 11) is 2.08. The van der Waals surface area contributed by atoms with E-state index in [1.54, 1.807) is 17.1 Å². The molecule has 1 N–H and O–H groups in total. The number of hydrogen-bond donors (Lipinski definition) is 1. The number of carbonyl (C=O) groups excluding carboxylic acids is 1. The molecule has 0 saturated carbocycles. The minimum absolute atomic E-state index is 0.172. The zero-order valence-corrected chi connectivity index (χ0v) is 18.2. The second-order valence-corrected chi connectivity index (χ2v) is 8.05. The molecule has 9 heteroatoms. The van der Waals surface area contributed by atoms with E-state index in [2.05, 4.69) is 56.8 Å². The maximum atomic E-state index is 12.6. The normalized spacial score (nSPS) is 15.7. The molecule has 168 valence electrons. The van der Waals surface area contributed by atoms with Gasteiger partial charge in [0.25, 0.3) is 5.91 Å². The minimum Gasteiger partial charge on any atom is -0.486 e. The van der Waals surface area contributed by atoms with Gasteiger partial charge in [-0.05, 0) is 48.9 Å². The van der Waals surface area contributed by atoms with Crippen molar-refractivity contribution in [2.75, 3.05) is 13.6 Å². The van der Waals surface area contributed by atoms with Crippen molar-refractivity contribution in [3.05, 3.63) is 89.8 Å². The quantitative estimate of drug-likeness (QED) is 0.468. The van der Waals surface area contributed by atoms with Crippen LogP contribution >= 0.6 is 0 Å². The number of nitrogens with one attached hydrogen (secondary N) is 1. The van der Waals surface area contributed by atoms with E-state index in [9.17, 15) is 4.79 Å². The van der Waals surface area contributed by atoms with Crippen molar-refractivity contribution in [2.24, 2.45) is 0 Å². The molecule has 9 nitrogen and oxygen atoms in total. The summed E-state index contributed by atoms with van der Waals surface area (Å²) < 4.78 is 12.7. The standard InChI is InChI=1S/C24H24N6O3/c1-29-13-18-5-3-2-4-17(18)10-20(29)12-26-24(31)23-11-22(33-28-23)14-32-21-8-6-19(7-9-21)30-16-25-15-27-30/h2-9,11,15-16,20H,10,12-14H2,1H3,(H,26,31)/t20-/m1/s1. The number of ether oxygens (including phenoxy) is 1. The van der Waals surface area contributed by atoms with Gasteiger partial charge < -0.3 is 14.6 Å². The fraction of sp³-hybridized carbons (Fsp3) is 0.250. The molecule has 1 aliphatic heterocycles. The summed E-state index contributed by atoms with van der Waals surface area (Å²) in [5, 5.41) is 11.0. The summed E-state index contributed by atoms with van der Waals surface area (Å²) in [6, 6.07) is 17.7. The maximum Gasteiger partial charge on any atom is 0.273 e. The number of rotatable bonds is 7. The zero-order valence-electron chi connectivity index (χ0n) is 18.2. The summed E-state index contributed by atoms with van der Waals surface area (Å²) >= 11 is 0. The van der Waals surface area contributed by atoms with Crippen LogP contribution in [-0.2, 0) is 19.6 Å². The number of carbonyl (C=O) groups is 1. The first kappa shape index (κ1) is 20.9. The van der Waals surface area contributed by atoms with Crippen molar-refractivity contribution in [2.45, 2.75) is 25.6 Å². The highest BCUT2D eigenvalue weighted by Gasteiger charge is 2.24. The summed E-state index contributed by atoms with van der Waals surface area (Å²) in [5.41, 5.74) is 3.81. The van der Waals surface area contributed by atoms with Crippen molar-refractivity contribution in [1.82, 2.24) is 30.1 Å². The van der Waals surface area contributed by atoms with Crippen LogP contribution in [0.15, 0.2) is 71.8 Å². The zero-order chi connectivity index (χ0) is 22.6. The molecule has 0 aliphatic carbocycles. The minimum atomic E-state index is -0.255. The molecule has 1 atom stereocenters. The SMILES string of the molecule is CN1Cc2ccccc2C[C@@H]1CNC(=O)c1cc(COc2ccc(-n3cncn3)cc2)on1. The molecule has 0 saturated heterocycles. The smallest absolute Gasteiger partial charge is 0.273 e. The van der Waals surface area contributed by atoms with Gasteiger partial charge in [-0.2, -0.15) is 5.10 Å². The molecule has 0 unspecified atom stereocenters. The number of benzene rings is 2. The van der Waals surface area contributed by atoms with Crippen LogP contribution in [0.25, 0.3) is 5.69 Å². The van der Waals surface area contributed by atoms with E-state index in [4.69, 9.17) is 9.26 Å². The average molecular weight is 444 g/mol. The van der Waals surface area contributed by atoms with Crippen LogP contribution in [0.2, 0.25) is 0 Å². The van der Waals surface area contributed by atoms with E-state index < -0.39 is 0 Å². The Morgan fingerprint density at radius 2 is 2.00 bits per heavy atom. The third-order valence-electron chi connectivity index (χ3n) is 5.81. The summed E-state index contributed by atoms with van der Waals surface area (Å²) in [4.78, 5) is 18.8. The highest BCUT2D eigenvalue weighted by Crippen LogP contribution is 2.21. The molecule has 1 amide bonds. The van der Waals surface area contributed by atoms with E-state index in [1.807, 2.05) is 24.3 Å². The Labute approximate surface area is 191 Å². The Kier molecular flexibility index (Phi) is 5.86. The van der Waals surface area contributed by atoms with Gasteiger partial charge in [0.05, 0.1) is 5.69 Å². The maximum absolute atomic E-state index is 12.6. The first-order chi connectivity index (χ1) is 16.2. The summed E-state index contributed by atoms with van der Waals surface area (Å²) in [6.07, 6.45) is 4.01. The van der Waals surface area contributed by atoms with Crippen molar-refractivity contribution in [3.8, 4) is 11.4 Å². The van der Waals surface area contributed by atoms with Crippen molar-refractivity contribution in [3.63, 3.8) is 0 Å². The van der Waals surface area contributed by atoms with Crippen molar-refractivity contribution < 1.29 is 14.1 Å². The predicted molar refractivity (Wildman–Crippen MR) is 120 cm³/mol. The average Bonchev–Trinajstić information content (AvgIpc) is 3.54. The first-order valence-electron chi connectivity index (χ1n) is 10.7. The van der Waals surface area contributed by atoms with Crippen LogP contribution in [0.3, 0.4) is 0 Å². The topological polar surface area (TPSA) is 98.3 Å². The fourth-order valence-electron chi connectivity index (χ4n) is 3.93. The van der Waals surface area contributed by atoms with E-state index in [0.717, 1.165) is 18.7 Å².